The number of anilines is 2. The van der Waals surface area contributed by atoms with Crippen molar-refractivity contribution < 1.29 is 12.8 Å². The molecule has 7 nitrogen and oxygen atoms in total. The van der Waals surface area contributed by atoms with Crippen LogP contribution in [-0.4, -0.2) is 18.4 Å². The Hall–Kier alpha value is -2.61. The van der Waals surface area contributed by atoms with Gasteiger partial charge in [-0.2, -0.15) is 4.98 Å². The summed E-state index contributed by atoms with van der Waals surface area (Å²) in [5.74, 6) is 0. The molecule has 0 saturated heterocycles. The number of benzene rings is 1. The van der Waals surface area contributed by atoms with Crippen LogP contribution in [0.15, 0.2) is 46.0 Å². The normalized spacial score (nSPS) is 11.7. The average molecular weight is 304 g/mol. The molecular formula is C13H12N4O3S. The van der Waals surface area contributed by atoms with Gasteiger partial charge in [0.1, 0.15) is 11.2 Å². The number of aryl methyl sites for hydroxylation is 1. The highest BCUT2D eigenvalue weighted by molar-refractivity contribution is 7.93. The zero-order valence-electron chi connectivity index (χ0n) is 11.1. The molecule has 0 spiro atoms. The van der Waals surface area contributed by atoms with Gasteiger partial charge < -0.3 is 10.2 Å². The van der Waals surface area contributed by atoms with Crippen molar-refractivity contribution in [3.05, 3.63) is 42.4 Å². The first kappa shape index (κ1) is 13.4. The number of aromatic nitrogens is 2. The molecular weight excluding hydrogens is 292 g/mol. The van der Waals surface area contributed by atoms with E-state index in [1.165, 1.54) is 24.6 Å². The van der Waals surface area contributed by atoms with E-state index in [0.717, 1.165) is 0 Å². The van der Waals surface area contributed by atoms with Crippen molar-refractivity contribution in [1.29, 1.82) is 0 Å². The number of oxazole rings is 1. The van der Waals surface area contributed by atoms with E-state index in [9.17, 15) is 8.42 Å². The van der Waals surface area contributed by atoms with Crippen molar-refractivity contribution in [3.8, 4) is 0 Å². The summed E-state index contributed by atoms with van der Waals surface area (Å²) >= 11 is 0. The average Bonchev–Trinajstić information content (AvgIpc) is 2.83. The minimum Gasteiger partial charge on any atom is -0.431 e. The molecule has 2 aromatic heterocycles. The Morgan fingerprint density at radius 2 is 2.10 bits per heavy atom. The molecule has 2 heterocycles. The van der Waals surface area contributed by atoms with Crippen LogP contribution < -0.4 is 10.5 Å². The molecule has 0 aliphatic rings. The maximum Gasteiger partial charge on any atom is 0.309 e. The first-order valence-corrected chi connectivity index (χ1v) is 7.54. The van der Waals surface area contributed by atoms with E-state index >= 15 is 0 Å². The van der Waals surface area contributed by atoms with Crippen molar-refractivity contribution in [3.63, 3.8) is 0 Å². The highest BCUT2D eigenvalue weighted by Gasteiger charge is 2.21. The molecule has 21 heavy (non-hydrogen) atoms. The monoisotopic (exact) mass is 304 g/mol. The molecule has 108 valence electrons. The second-order valence-corrected chi connectivity index (χ2v) is 6.10. The molecule has 3 rings (SSSR count). The fourth-order valence-electron chi connectivity index (χ4n) is 1.96. The van der Waals surface area contributed by atoms with Crippen LogP contribution in [0.5, 0.6) is 0 Å². The summed E-state index contributed by atoms with van der Waals surface area (Å²) < 4.78 is 32.2. The minimum absolute atomic E-state index is 0.0168. The van der Waals surface area contributed by atoms with Crippen molar-refractivity contribution >= 4 is 32.6 Å². The summed E-state index contributed by atoms with van der Waals surface area (Å²) in [6.45, 7) is 1.70. The second-order valence-electron chi connectivity index (χ2n) is 4.45. The molecule has 0 saturated carbocycles. The highest BCUT2D eigenvalue weighted by atomic mass is 32.2. The van der Waals surface area contributed by atoms with Gasteiger partial charge >= 0.3 is 6.01 Å². The number of hydrogen-bond acceptors (Lipinski definition) is 6. The van der Waals surface area contributed by atoms with Gasteiger partial charge in [0, 0.05) is 17.3 Å². The largest absolute Gasteiger partial charge is 0.431 e. The van der Waals surface area contributed by atoms with Crippen molar-refractivity contribution in [2.45, 2.75) is 11.8 Å². The standard InChI is InChI=1S/C13H12N4O3S/c1-8-7-20-13(16-8)17-21(18,19)11-5-4-10(14)9-3-2-6-15-12(9)11/h2-7H,14H2,1H3,(H,16,17). The van der Waals surface area contributed by atoms with Crippen LogP contribution in [0.1, 0.15) is 5.69 Å². The molecule has 8 heteroatoms. The van der Waals surface area contributed by atoms with E-state index in [1.807, 2.05) is 0 Å². The van der Waals surface area contributed by atoms with Gasteiger partial charge in [-0.15, -0.1) is 0 Å². The number of nitrogens with one attached hydrogen (secondary N) is 1. The number of pyridine rings is 1. The lowest BCUT2D eigenvalue weighted by Crippen LogP contribution is -2.14. The number of nitrogen functional groups attached to an aromatic ring is 1. The van der Waals surface area contributed by atoms with Crippen molar-refractivity contribution in [1.82, 2.24) is 9.97 Å². The molecule has 3 N–H and O–H groups in total. The van der Waals surface area contributed by atoms with E-state index in [0.29, 0.717) is 22.3 Å². The molecule has 1 aromatic carbocycles. The Morgan fingerprint density at radius 1 is 1.29 bits per heavy atom. The first-order valence-electron chi connectivity index (χ1n) is 6.05. The Labute approximate surface area is 120 Å². The van der Waals surface area contributed by atoms with Crippen molar-refractivity contribution in [2.24, 2.45) is 0 Å². The van der Waals surface area contributed by atoms with Crippen LogP contribution >= 0.6 is 0 Å². The van der Waals surface area contributed by atoms with Gasteiger partial charge in [0.25, 0.3) is 10.0 Å². The number of hydrogen-bond donors (Lipinski definition) is 2. The fraction of sp³-hybridized carbons (Fsp3) is 0.0769. The van der Waals surface area contributed by atoms with Crippen LogP contribution in [-0.2, 0) is 10.0 Å². The Bertz CT molecular complexity index is 918. The highest BCUT2D eigenvalue weighted by Crippen LogP contribution is 2.27. The van der Waals surface area contributed by atoms with Crippen LogP contribution in [0.4, 0.5) is 11.7 Å². The third kappa shape index (κ3) is 2.40. The molecule has 0 aliphatic heterocycles. The molecule has 0 amide bonds. The van der Waals surface area contributed by atoms with Gasteiger partial charge in [-0.05, 0) is 31.2 Å². The molecule has 3 aromatic rings. The van der Waals surface area contributed by atoms with E-state index in [-0.39, 0.29) is 10.9 Å². The van der Waals surface area contributed by atoms with Gasteiger partial charge in [-0.1, -0.05) is 0 Å². The molecule has 0 aliphatic carbocycles. The molecule has 0 unspecified atom stereocenters. The molecule has 0 radical (unpaired) electrons. The predicted molar refractivity (Wildman–Crippen MR) is 78.2 cm³/mol. The van der Waals surface area contributed by atoms with Crippen LogP contribution in [0.3, 0.4) is 0 Å². The zero-order chi connectivity index (χ0) is 15.0. The maximum atomic E-state index is 12.4. The SMILES string of the molecule is Cc1coc(NS(=O)(=O)c2ccc(N)c3cccnc23)n1. The quantitative estimate of drug-likeness (QED) is 0.715. The summed E-state index contributed by atoms with van der Waals surface area (Å²) in [5.41, 5.74) is 7.18. The van der Waals surface area contributed by atoms with E-state index in [4.69, 9.17) is 10.2 Å². The van der Waals surface area contributed by atoms with E-state index < -0.39 is 10.0 Å². The number of nitrogens with zero attached hydrogens (tertiary/aromatic N) is 2. The lowest BCUT2D eigenvalue weighted by atomic mass is 10.2. The number of fused-ring (bicyclic) bond motifs is 1. The van der Waals surface area contributed by atoms with Gasteiger partial charge in [-0.3, -0.25) is 4.98 Å². The summed E-state index contributed by atoms with van der Waals surface area (Å²) in [5, 5.41) is 0.573. The minimum atomic E-state index is -3.87. The van der Waals surface area contributed by atoms with Gasteiger partial charge in [-0.25, -0.2) is 13.1 Å². The van der Waals surface area contributed by atoms with E-state index in [2.05, 4.69) is 14.7 Å². The topological polar surface area (TPSA) is 111 Å². The lowest BCUT2D eigenvalue weighted by molar-refractivity contribution is 0.569. The third-order valence-electron chi connectivity index (χ3n) is 2.90. The first-order chi connectivity index (χ1) is 9.97. The summed E-state index contributed by atoms with van der Waals surface area (Å²) in [6.07, 6.45) is 2.87. The fourth-order valence-corrected chi connectivity index (χ4v) is 3.05. The third-order valence-corrected chi connectivity index (χ3v) is 4.25. The van der Waals surface area contributed by atoms with Crippen molar-refractivity contribution in [2.75, 3.05) is 10.5 Å². The summed E-state index contributed by atoms with van der Waals surface area (Å²) in [7, 11) is -3.87. The summed E-state index contributed by atoms with van der Waals surface area (Å²) in [4.78, 5) is 8.04. The van der Waals surface area contributed by atoms with E-state index in [1.54, 1.807) is 19.1 Å². The van der Waals surface area contributed by atoms with Gasteiger partial charge in [0.05, 0.1) is 11.2 Å². The molecule has 0 atom stereocenters. The van der Waals surface area contributed by atoms with Gasteiger partial charge in [0.15, 0.2) is 0 Å². The Balaban J connectivity index is 2.13. The molecule has 0 bridgehead atoms. The number of sulfonamides is 1. The lowest BCUT2D eigenvalue weighted by Gasteiger charge is -2.08. The molecule has 0 fully saturated rings. The summed E-state index contributed by atoms with van der Waals surface area (Å²) in [6, 6.07) is 6.25. The smallest absolute Gasteiger partial charge is 0.309 e. The van der Waals surface area contributed by atoms with Crippen LogP contribution in [0.25, 0.3) is 10.9 Å². The number of rotatable bonds is 3. The Kier molecular flexibility index (Phi) is 3.02. The predicted octanol–water partition coefficient (Wildman–Crippen LogP) is 1.91. The Morgan fingerprint density at radius 3 is 2.81 bits per heavy atom. The zero-order valence-corrected chi connectivity index (χ0v) is 11.9. The number of nitrogens with two attached hydrogens (primary N) is 1. The van der Waals surface area contributed by atoms with Crippen LogP contribution in [0, 0.1) is 6.92 Å². The second kappa shape index (κ2) is 4.74. The maximum absolute atomic E-state index is 12.4. The van der Waals surface area contributed by atoms with Gasteiger partial charge in [0.2, 0.25) is 0 Å². The van der Waals surface area contributed by atoms with Crippen LogP contribution in [0.2, 0.25) is 0 Å².